The lowest BCUT2D eigenvalue weighted by Crippen LogP contribution is -1.96. The zero-order valence-electron chi connectivity index (χ0n) is 16.5. The minimum Gasteiger partial charge on any atom is -0.240 e. The van der Waals surface area contributed by atoms with E-state index in [2.05, 4.69) is 49.4 Å². The molecule has 0 unspecified atom stereocenters. The number of rotatable bonds is 5. The molecule has 2 nitrogen and oxygen atoms in total. The second-order valence-corrected chi connectivity index (χ2v) is 8.39. The third kappa shape index (κ3) is 4.57. The van der Waals surface area contributed by atoms with Gasteiger partial charge in [-0.3, -0.25) is 0 Å². The fraction of sp³-hybridized carbons (Fsp3) is 0.0769. The number of hydrogen-bond acceptors (Lipinski definition) is 3. The van der Waals surface area contributed by atoms with Crippen LogP contribution in [0.5, 0.6) is 0 Å². The van der Waals surface area contributed by atoms with Crippen LogP contribution in [0, 0.1) is 18.3 Å². The Morgan fingerprint density at radius 3 is 2.23 bits per heavy atom. The minimum absolute atomic E-state index is 0.592. The van der Waals surface area contributed by atoms with E-state index in [9.17, 15) is 5.26 Å². The van der Waals surface area contributed by atoms with E-state index in [1.165, 1.54) is 11.1 Å². The van der Waals surface area contributed by atoms with Crippen LogP contribution in [0.25, 0.3) is 22.4 Å². The molecule has 0 aliphatic carbocycles. The number of thioether (sulfide) groups is 1. The second-order valence-electron chi connectivity index (χ2n) is 6.99. The Hall–Kier alpha value is -3.06. The van der Waals surface area contributed by atoms with Gasteiger partial charge >= 0.3 is 0 Å². The van der Waals surface area contributed by atoms with Gasteiger partial charge in [-0.15, -0.1) is 11.8 Å². The van der Waals surface area contributed by atoms with Crippen LogP contribution >= 0.6 is 23.4 Å². The van der Waals surface area contributed by atoms with Gasteiger partial charge in [-0.05, 0) is 36.2 Å². The Balaban J connectivity index is 1.83. The molecule has 0 saturated carbocycles. The van der Waals surface area contributed by atoms with Gasteiger partial charge in [-0.2, -0.15) is 5.26 Å². The van der Waals surface area contributed by atoms with Crippen LogP contribution in [0.2, 0.25) is 5.02 Å². The average Bonchev–Trinajstić information content (AvgIpc) is 2.79. The highest BCUT2D eigenvalue weighted by molar-refractivity contribution is 7.98. The maximum atomic E-state index is 9.98. The van der Waals surface area contributed by atoms with Gasteiger partial charge in [0.25, 0.3) is 0 Å². The van der Waals surface area contributed by atoms with Gasteiger partial charge in [-0.1, -0.05) is 83.9 Å². The highest BCUT2D eigenvalue weighted by atomic mass is 35.5. The maximum Gasteiger partial charge on any atom is 0.115 e. The number of pyridine rings is 1. The second kappa shape index (κ2) is 9.17. The Morgan fingerprint density at radius 2 is 1.57 bits per heavy atom. The summed E-state index contributed by atoms with van der Waals surface area (Å²) in [5.74, 6) is 0.750. The summed E-state index contributed by atoms with van der Waals surface area (Å²) in [4.78, 5) is 4.88. The largest absolute Gasteiger partial charge is 0.240 e. The topological polar surface area (TPSA) is 36.7 Å². The first-order chi connectivity index (χ1) is 14.6. The number of halogens is 1. The van der Waals surface area contributed by atoms with E-state index < -0.39 is 0 Å². The number of benzene rings is 3. The Labute approximate surface area is 186 Å². The number of hydrogen-bond donors (Lipinski definition) is 0. The number of aromatic nitrogens is 1. The van der Waals surface area contributed by atoms with Crippen LogP contribution in [0.4, 0.5) is 0 Å². The van der Waals surface area contributed by atoms with E-state index in [4.69, 9.17) is 16.6 Å². The molecule has 0 aliphatic heterocycles. The highest BCUT2D eigenvalue weighted by Crippen LogP contribution is 2.35. The lowest BCUT2D eigenvalue weighted by atomic mass is 9.99. The Bertz CT molecular complexity index is 1190. The molecule has 3 aromatic carbocycles. The van der Waals surface area contributed by atoms with Gasteiger partial charge in [0.05, 0.1) is 11.3 Å². The van der Waals surface area contributed by atoms with Crippen molar-refractivity contribution in [1.82, 2.24) is 4.98 Å². The Kier molecular flexibility index (Phi) is 6.18. The van der Waals surface area contributed by atoms with Gasteiger partial charge in [0, 0.05) is 21.9 Å². The van der Waals surface area contributed by atoms with Crippen molar-refractivity contribution < 1.29 is 0 Å². The van der Waals surface area contributed by atoms with Gasteiger partial charge < -0.3 is 0 Å². The summed E-state index contributed by atoms with van der Waals surface area (Å²) < 4.78 is 0. The van der Waals surface area contributed by atoms with Crippen LogP contribution in [0.15, 0.2) is 90.0 Å². The summed E-state index contributed by atoms with van der Waals surface area (Å²) >= 11 is 7.67. The van der Waals surface area contributed by atoms with Crippen molar-refractivity contribution in [2.75, 3.05) is 0 Å². The first kappa shape index (κ1) is 20.2. The number of aryl methyl sites for hydroxylation is 1. The molecule has 0 spiro atoms. The van der Waals surface area contributed by atoms with Gasteiger partial charge in [0.15, 0.2) is 0 Å². The fourth-order valence-corrected chi connectivity index (χ4v) is 4.27. The smallest absolute Gasteiger partial charge is 0.115 e. The molecule has 0 fully saturated rings. The summed E-state index contributed by atoms with van der Waals surface area (Å²) in [6.07, 6.45) is 0. The predicted octanol–water partition coefficient (Wildman–Crippen LogP) is 7.54. The minimum atomic E-state index is 0.592. The molecule has 0 atom stereocenters. The van der Waals surface area contributed by atoms with Crippen molar-refractivity contribution in [3.05, 3.63) is 107 Å². The normalized spacial score (nSPS) is 10.6. The van der Waals surface area contributed by atoms with Crippen LogP contribution in [0.1, 0.15) is 16.7 Å². The van der Waals surface area contributed by atoms with Crippen molar-refractivity contribution in [1.29, 1.82) is 5.26 Å². The van der Waals surface area contributed by atoms with Crippen LogP contribution in [-0.4, -0.2) is 4.98 Å². The molecule has 1 heterocycles. The van der Waals surface area contributed by atoms with E-state index in [1.807, 2.05) is 48.5 Å². The summed E-state index contributed by atoms with van der Waals surface area (Å²) in [5.41, 5.74) is 6.69. The third-order valence-corrected chi connectivity index (χ3v) is 6.12. The summed E-state index contributed by atoms with van der Waals surface area (Å²) in [6.45, 7) is 2.07. The van der Waals surface area contributed by atoms with Gasteiger partial charge in [0.2, 0.25) is 0 Å². The van der Waals surface area contributed by atoms with Crippen molar-refractivity contribution in [2.24, 2.45) is 0 Å². The van der Waals surface area contributed by atoms with E-state index in [1.54, 1.807) is 11.8 Å². The molecule has 0 radical (unpaired) electrons. The number of nitrogens with zero attached hydrogens (tertiary/aromatic N) is 2. The standard InChI is InChI=1S/C26H19ClN2S/c1-18-7-9-21(10-8-18)25-15-23(20-11-13-22(27)14-12-20)24(16-28)26(29-25)30-17-19-5-3-2-4-6-19/h2-15H,17H2,1H3. The average molecular weight is 427 g/mol. The monoisotopic (exact) mass is 426 g/mol. The van der Waals surface area contributed by atoms with Crippen LogP contribution < -0.4 is 0 Å². The van der Waals surface area contributed by atoms with Crippen LogP contribution in [0.3, 0.4) is 0 Å². The van der Waals surface area contributed by atoms with Gasteiger partial charge in [-0.25, -0.2) is 4.98 Å². The molecule has 4 heteroatoms. The lowest BCUT2D eigenvalue weighted by Gasteiger charge is -2.13. The molecule has 146 valence electrons. The van der Waals surface area contributed by atoms with Crippen molar-refractivity contribution in [3.8, 4) is 28.5 Å². The zero-order chi connectivity index (χ0) is 20.9. The molecular weight excluding hydrogens is 408 g/mol. The molecule has 1 aromatic heterocycles. The molecule has 0 N–H and O–H groups in total. The molecule has 4 rings (SSSR count). The van der Waals surface area contributed by atoms with Crippen molar-refractivity contribution >= 4 is 23.4 Å². The lowest BCUT2D eigenvalue weighted by molar-refractivity contribution is 1.12. The summed E-state index contributed by atoms with van der Waals surface area (Å²) in [6, 6.07) is 30.5. The first-order valence-electron chi connectivity index (χ1n) is 9.59. The molecule has 0 amide bonds. The maximum absolute atomic E-state index is 9.98. The Morgan fingerprint density at radius 1 is 0.900 bits per heavy atom. The van der Waals surface area contributed by atoms with E-state index in [-0.39, 0.29) is 0 Å². The molecular formula is C26H19ClN2S. The molecule has 0 aliphatic rings. The fourth-order valence-electron chi connectivity index (χ4n) is 3.19. The third-order valence-electron chi connectivity index (χ3n) is 4.82. The molecule has 30 heavy (non-hydrogen) atoms. The van der Waals surface area contributed by atoms with E-state index in [0.717, 1.165) is 33.2 Å². The highest BCUT2D eigenvalue weighted by Gasteiger charge is 2.16. The summed E-state index contributed by atoms with van der Waals surface area (Å²) in [5, 5.41) is 11.4. The SMILES string of the molecule is Cc1ccc(-c2cc(-c3ccc(Cl)cc3)c(C#N)c(SCc3ccccc3)n2)cc1. The van der Waals surface area contributed by atoms with Crippen molar-refractivity contribution in [2.45, 2.75) is 17.7 Å². The van der Waals surface area contributed by atoms with E-state index >= 15 is 0 Å². The predicted molar refractivity (Wildman–Crippen MR) is 126 cm³/mol. The van der Waals surface area contributed by atoms with Gasteiger partial charge in [0.1, 0.15) is 11.1 Å². The molecule has 0 saturated heterocycles. The zero-order valence-corrected chi connectivity index (χ0v) is 18.0. The first-order valence-corrected chi connectivity index (χ1v) is 11.0. The molecule has 4 aromatic rings. The molecule has 0 bridgehead atoms. The van der Waals surface area contributed by atoms with Crippen LogP contribution in [-0.2, 0) is 5.75 Å². The quantitative estimate of drug-likeness (QED) is 0.309. The van der Waals surface area contributed by atoms with E-state index in [0.29, 0.717) is 10.6 Å². The number of nitriles is 1. The summed E-state index contributed by atoms with van der Waals surface area (Å²) in [7, 11) is 0. The van der Waals surface area contributed by atoms with Crippen molar-refractivity contribution in [3.63, 3.8) is 0 Å².